The maximum atomic E-state index is 13.8. The van der Waals surface area contributed by atoms with Crippen molar-refractivity contribution >= 4 is 5.78 Å². The number of Topliss-reactive ketones (excluding diaryl/α,β-unsaturated/α-hetero) is 1. The Morgan fingerprint density at radius 3 is 2.24 bits per heavy atom. The van der Waals surface area contributed by atoms with Gasteiger partial charge in [-0.15, -0.1) is 0 Å². The fourth-order valence-corrected chi connectivity index (χ4v) is 2.10. The smallest absolute Gasteiger partial charge is 0.155 e. The van der Waals surface area contributed by atoms with Crippen LogP contribution in [-0.4, -0.2) is 5.78 Å². The lowest BCUT2D eigenvalue weighted by Crippen LogP contribution is -2.09. The van der Waals surface area contributed by atoms with E-state index in [0.717, 1.165) is 5.57 Å². The Morgan fingerprint density at radius 2 is 1.76 bits per heavy atom. The van der Waals surface area contributed by atoms with Crippen LogP contribution in [0.4, 0.5) is 8.78 Å². The minimum absolute atomic E-state index is 0.0175. The van der Waals surface area contributed by atoms with Gasteiger partial charge < -0.3 is 0 Å². The molecule has 1 unspecified atom stereocenters. The average molecular weight is 292 g/mol. The van der Waals surface area contributed by atoms with Gasteiger partial charge in [-0.3, -0.25) is 4.79 Å². The van der Waals surface area contributed by atoms with Crippen molar-refractivity contribution in [1.82, 2.24) is 0 Å². The summed E-state index contributed by atoms with van der Waals surface area (Å²) in [6.45, 7) is 7.12. The van der Waals surface area contributed by atoms with E-state index in [4.69, 9.17) is 0 Å². The second-order valence-electron chi connectivity index (χ2n) is 5.31. The van der Waals surface area contributed by atoms with Gasteiger partial charge in [0, 0.05) is 5.56 Å². The first-order chi connectivity index (χ1) is 9.86. The summed E-state index contributed by atoms with van der Waals surface area (Å²) in [6, 6.07) is 3.92. The van der Waals surface area contributed by atoms with Crippen LogP contribution in [0.25, 0.3) is 0 Å². The zero-order valence-electron chi connectivity index (χ0n) is 13.0. The number of hydrogen-bond donors (Lipinski definition) is 0. The number of rotatable bonds is 6. The molecule has 0 aliphatic carbocycles. The zero-order valence-corrected chi connectivity index (χ0v) is 13.0. The monoisotopic (exact) mass is 292 g/mol. The highest BCUT2D eigenvalue weighted by atomic mass is 19.1. The molecule has 1 nitrogen and oxygen atoms in total. The first kappa shape index (κ1) is 17.3. The molecule has 0 aliphatic heterocycles. The first-order valence-corrected chi connectivity index (χ1v) is 7.10. The summed E-state index contributed by atoms with van der Waals surface area (Å²) in [6.07, 6.45) is 4.67. The lowest BCUT2D eigenvalue weighted by atomic mass is 9.88. The number of benzene rings is 1. The van der Waals surface area contributed by atoms with Crippen LogP contribution in [0.1, 0.15) is 39.7 Å². The second kappa shape index (κ2) is 7.87. The fraction of sp³-hybridized carbons (Fsp3) is 0.389. The van der Waals surface area contributed by atoms with E-state index in [-0.39, 0.29) is 23.7 Å². The largest absolute Gasteiger partial charge is 0.295 e. The summed E-state index contributed by atoms with van der Waals surface area (Å²) >= 11 is 0. The molecule has 1 aromatic rings. The summed E-state index contributed by atoms with van der Waals surface area (Å²) in [5.41, 5.74) is 1.85. The fourth-order valence-electron chi connectivity index (χ4n) is 2.10. The van der Waals surface area contributed by atoms with E-state index in [1.54, 1.807) is 6.92 Å². The van der Waals surface area contributed by atoms with Gasteiger partial charge in [-0.2, -0.15) is 0 Å². The van der Waals surface area contributed by atoms with Gasteiger partial charge in [0.1, 0.15) is 11.6 Å². The Hall–Kier alpha value is -1.77. The molecule has 0 aliphatic rings. The Kier molecular flexibility index (Phi) is 6.47. The van der Waals surface area contributed by atoms with E-state index < -0.39 is 11.6 Å². The minimum Gasteiger partial charge on any atom is -0.295 e. The molecule has 0 heterocycles. The molecule has 1 atom stereocenters. The molecule has 0 aromatic heterocycles. The third kappa shape index (κ3) is 4.92. The molecular weight excluding hydrogens is 270 g/mol. The highest BCUT2D eigenvalue weighted by molar-refractivity contribution is 5.92. The molecule has 0 saturated carbocycles. The van der Waals surface area contributed by atoms with Crippen molar-refractivity contribution in [2.75, 3.05) is 0 Å². The summed E-state index contributed by atoms with van der Waals surface area (Å²) in [7, 11) is 0. The molecule has 0 saturated heterocycles. The van der Waals surface area contributed by atoms with E-state index in [1.165, 1.54) is 25.1 Å². The molecule has 0 amide bonds. The number of hydrogen-bond acceptors (Lipinski definition) is 1. The first-order valence-electron chi connectivity index (χ1n) is 7.10. The lowest BCUT2D eigenvalue weighted by molar-refractivity contribution is -0.113. The van der Waals surface area contributed by atoms with Crippen molar-refractivity contribution in [2.45, 2.75) is 40.5 Å². The summed E-state index contributed by atoms with van der Waals surface area (Å²) in [5.74, 6) is -1.04. The highest BCUT2D eigenvalue weighted by Gasteiger charge is 2.16. The molecule has 1 aromatic carbocycles. The quantitative estimate of drug-likeness (QED) is 0.532. The minimum atomic E-state index is -0.517. The predicted molar refractivity (Wildman–Crippen MR) is 82.0 cm³/mol. The van der Waals surface area contributed by atoms with Crippen molar-refractivity contribution in [3.8, 4) is 0 Å². The van der Waals surface area contributed by atoms with Gasteiger partial charge in [-0.25, -0.2) is 8.78 Å². The summed E-state index contributed by atoms with van der Waals surface area (Å²) in [5, 5.41) is 0. The SMILES string of the molecule is C/C=C(\C)C(C/C=C(\C)C(C)=O)Cc1c(F)cccc1F. The number of ketones is 1. The van der Waals surface area contributed by atoms with E-state index in [2.05, 4.69) is 0 Å². The standard InChI is InChI=1S/C18H22F2O/c1-5-12(2)15(10-9-13(3)14(4)21)11-16-17(19)7-6-8-18(16)20/h5-9,15H,10-11H2,1-4H3/b12-5+,13-9+. The van der Waals surface area contributed by atoms with Crippen molar-refractivity contribution in [1.29, 1.82) is 0 Å². The maximum absolute atomic E-state index is 13.8. The molecule has 3 heteroatoms. The number of carbonyl (C=O) groups excluding carboxylic acids is 1. The third-order valence-electron chi connectivity index (χ3n) is 3.88. The van der Waals surface area contributed by atoms with Crippen LogP contribution in [0.15, 0.2) is 41.5 Å². The van der Waals surface area contributed by atoms with Gasteiger partial charge in [-0.05, 0) is 64.2 Å². The topological polar surface area (TPSA) is 17.1 Å². The molecule has 0 fully saturated rings. The third-order valence-corrected chi connectivity index (χ3v) is 3.88. The van der Waals surface area contributed by atoms with Gasteiger partial charge in [0.05, 0.1) is 0 Å². The predicted octanol–water partition coefficient (Wildman–Crippen LogP) is 5.02. The van der Waals surface area contributed by atoms with Gasteiger partial charge in [0.25, 0.3) is 0 Å². The maximum Gasteiger partial charge on any atom is 0.155 e. The van der Waals surface area contributed by atoms with E-state index in [9.17, 15) is 13.6 Å². The number of carbonyl (C=O) groups is 1. The highest BCUT2D eigenvalue weighted by Crippen LogP contribution is 2.25. The van der Waals surface area contributed by atoms with Gasteiger partial charge >= 0.3 is 0 Å². The summed E-state index contributed by atoms with van der Waals surface area (Å²) < 4.78 is 27.6. The van der Waals surface area contributed by atoms with Gasteiger partial charge in [0.2, 0.25) is 0 Å². The normalized spacial score (nSPS) is 14.2. The number of allylic oxidation sites excluding steroid dienone is 4. The van der Waals surface area contributed by atoms with Crippen molar-refractivity contribution in [3.05, 3.63) is 58.7 Å². The van der Waals surface area contributed by atoms with E-state index >= 15 is 0 Å². The van der Waals surface area contributed by atoms with Gasteiger partial charge in [-0.1, -0.05) is 23.8 Å². The lowest BCUT2D eigenvalue weighted by Gasteiger charge is -2.17. The Balaban J connectivity index is 3.00. The molecule has 1 rings (SSSR count). The molecular formula is C18H22F2O. The Bertz CT molecular complexity index is 550. The second-order valence-corrected chi connectivity index (χ2v) is 5.31. The molecule has 0 spiro atoms. The van der Waals surface area contributed by atoms with Crippen molar-refractivity contribution in [2.24, 2.45) is 5.92 Å². The number of halogens is 2. The Labute approximate surface area is 125 Å². The van der Waals surface area contributed by atoms with Crippen LogP contribution in [0.3, 0.4) is 0 Å². The van der Waals surface area contributed by atoms with Crippen LogP contribution in [0, 0.1) is 17.6 Å². The zero-order chi connectivity index (χ0) is 16.0. The Morgan fingerprint density at radius 1 is 1.19 bits per heavy atom. The molecule has 0 bridgehead atoms. The van der Waals surface area contributed by atoms with E-state index in [0.29, 0.717) is 12.0 Å². The van der Waals surface area contributed by atoms with Crippen LogP contribution in [0.5, 0.6) is 0 Å². The van der Waals surface area contributed by atoms with Crippen LogP contribution < -0.4 is 0 Å². The summed E-state index contributed by atoms with van der Waals surface area (Å²) in [4.78, 5) is 11.3. The molecule has 0 radical (unpaired) electrons. The van der Waals surface area contributed by atoms with Crippen molar-refractivity contribution in [3.63, 3.8) is 0 Å². The van der Waals surface area contributed by atoms with Crippen LogP contribution in [-0.2, 0) is 11.2 Å². The van der Waals surface area contributed by atoms with Crippen LogP contribution in [0.2, 0.25) is 0 Å². The van der Waals surface area contributed by atoms with Gasteiger partial charge in [0.15, 0.2) is 5.78 Å². The average Bonchev–Trinajstić information content (AvgIpc) is 2.44. The molecule has 21 heavy (non-hydrogen) atoms. The molecule has 114 valence electrons. The van der Waals surface area contributed by atoms with Crippen molar-refractivity contribution < 1.29 is 13.6 Å². The molecule has 0 N–H and O–H groups in total. The van der Waals surface area contributed by atoms with E-state index in [1.807, 2.05) is 26.0 Å². The van der Waals surface area contributed by atoms with Crippen LogP contribution >= 0.6 is 0 Å².